The van der Waals surface area contributed by atoms with E-state index in [1.165, 1.54) is 0 Å². The van der Waals surface area contributed by atoms with Crippen molar-refractivity contribution in [3.05, 3.63) is 0 Å². The van der Waals surface area contributed by atoms with E-state index in [1.54, 1.807) is 0 Å². The quantitative estimate of drug-likeness (QED) is 0.705. The van der Waals surface area contributed by atoms with E-state index in [4.69, 9.17) is 9.84 Å². The Hall–Kier alpha value is -0.650. The number of rotatable bonds is 5. The van der Waals surface area contributed by atoms with Gasteiger partial charge in [0.2, 0.25) is 5.91 Å². The maximum Gasteiger partial charge on any atom is 0.234 e. The van der Waals surface area contributed by atoms with Gasteiger partial charge in [0.05, 0.1) is 25.4 Å². The zero-order valence-corrected chi connectivity index (χ0v) is 11.0. The number of aliphatic hydroxyl groups is 1. The van der Waals surface area contributed by atoms with Crippen LogP contribution >= 0.6 is 0 Å². The standard InChI is InChI=1S/C12H24N2O3/c1-9(2)4-13-12(16)7-14-5-10(3)17-11(6-14)8-15/h9-11,15H,4-8H2,1-3H3,(H,13,16). The molecular weight excluding hydrogens is 220 g/mol. The number of ether oxygens (including phenoxy) is 1. The summed E-state index contributed by atoms with van der Waals surface area (Å²) in [6.07, 6.45) is -0.101. The molecule has 0 aromatic rings. The van der Waals surface area contributed by atoms with Crippen LogP contribution in [0.25, 0.3) is 0 Å². The summed E-state index contributed by atoms with van der Waals surface area (Å²) in [6.45, 7) is 8.56. The average Bonchev–Trinajstić information content (AvgIpc) is 2.25. The van der Waals surface area contributed by atoms with E-state index in [1.807, 2.05) is 11.8 Å². The van der Waals surface area contributed by atoms with Gasteiger partial charge in [-0.05, 0) is 12.8 Å². The number of hydrogen-bond donors (Lipinski definition) is 2. The van der Waals surface area contributed by atoms with Crippen LogP contribution in [-0.2, 0) is 9.53 Å². The highest BCUT2D eigenvalue weighted by atomic mass is 16.5. The molecule has 0 bridgehead atoms. The molecule has 1 rings (SSSR count). The van der Waals surface area contributed by atoms with Crippen LogP contribution in [0.1, 0.15) is 20.8 Å². The second-order valence-electron chi connectivity index (χ2n) is 5.14. The normalized spacial score (nSPS) is 26.2. The van der Waals surface area contributed by atoms with Gasteiger partial charge in [0.25, 0.3) is 0 Å². The molecule has 5 nitrogen and oxygen atoms in total. The lowest BCUT2D eigenvalue weighted by Gasteiger charge is -2.35. The fourth-order valence-corrected chi connectivity index (χ4v) is 1.95. The van der Waals surface area contributed by atoms with Crippen LogP contribution < -0.4 is 5.32 Å². The SMILES string of the molecule is CC(C)CNC(=O)CN1CC(C)OC(CO)C1. The summed E-state index contributed by atoms with van der Waals surface area (Å²) in [7, 11) is 0. The molecule has 1 saturated heterocycles. The predicted molar refractivity (Wildman–Crippen MR) is 65.7 cm³/mol. The fraction of sp³-hybridized carbons (Fsp3) is 0.917. The lowest BCUT2D eigenvalue weighted by atomic mass is 10.2. The van der Waals surface area contributed by atoms with Crippen molar-refractivity contribution in [1.29, 1.82) is 0 Å². The number of nitrogens with zero attached hydrogens (tertiary/aromatic N) is 1. The van der Waals surface area contributed by atoms with Crippen LogP contribution in [-0.4, -0.2) is 60.9 Å². The molecule has 0 radical (unpaired) electrons. The Morgan fingerprint density at radius 2 is 2.24 bits per heavy atom. The molecule has 0 spiro atoms. The second-order valence-corrected chi connectivity index (χ2v) is 5.14. The number of aliphatic hydroxyl groups excluding tert-OH is 1. The van der Waals surface area contributed by atoms with Gasteiger partial charge in [-0.1, -0.05) is 13.8 Å². The molecule has 1 aliphatic rings. The highest BCUT2D eigenvalue weighted by molar-refractivity contribution is 5.78. The Morgan fingerprint density at radius 1 is 1.53 bits per heavy atom. The molecule has 2 atom stereocenters. The summed E-state index contributed by atoms with van der Waals surface area (Å²) in [6, 6.07) is 0. The summed E-state index contributed by atoms with van der Waals surface area (Å²) in [5, 5.41) is 12.0. The molecule has 0 saturated carbocycles. The number of nitrogens with one attached hydrogen (secondary N) is 1. The summed E-state index contributed by atoms with van der Waals surface area (Å²) >= 11 is 0. The predicted octanol–water partition coefficient (Wildman–Crippen LogP) is -0.160. The van der Waals surface area contributed by atoms with Gasteiger partial charge in [-0.2, -0.15) is 0 Å². The second kappa shape index (κ2) is 6.93. The monoisotopic (exact) mass is 244 g/mol. The fourth-order valence-electron chi connectivity index (χ4n) is 1.95. The molecule has 2 unspecified atom stereocenters. The molecule has 1 amide bonds. The first kappa shape index (κ1) is 14.4. The molecule has 17 heavy (non-hydrogen) atoms. The first-order valence-electron chi connectivity index (χ1n) is 6.26. The lowest BCUT2D eigenvalue weighted by molar-refractivity contribution is -0.128. The maximum atomic E-state index is 11.7. The van der Waals surface area contributed by atoms with Gasteiger partial charge in [0.1, 0.15) is 0 Å². The molecule has 0 aromatic carbocycles. The van der Waals surface area contributed by atoms with E-state index >= 15 is 0 Å². The van der Waals surface area contributed by atoms with Crippen molar-refractivity contribution in [2.24, 2.45) is 5.92 Å². The van der Waals surface area contributed by atoms with E-state index in [9.17, 15) is 4.79 Å². The zero-order valence-electron chi connectivity index (χ0n) is 11.0. The Bertz CT molecular complexity index is 246. The molecule has 0 aliphatic carbocycles. The molecule has 100 valence electrons. The number of carbonyl (C=O) groups is 1. The largest absolute Gasteiger partial charge is 0.394 e. The van der Waals surface area contributed by atoms with Crippen LogP contribution in [0, 0.1) is 5.92 Å². The summed E-state index contributed by atoms with van der Waals surface area (Å²) in [5.74, 6) is 0.511. The van der Waals surface area contributed by atoms with Gasteiger partial charge in [-0.25, -0.2) is 0 Å². The van der Waals surface area contributed by atoms with E-state index in [2.05, 4.69) is 19.2 Å². The van der Waals surface area contributed by atoms with Crippen molar-refractivity contribution in [3.63, 3.8) is 0 Å². The molecule has 1 fully saturated rings. The number of amides is 1. The van der Waals surface area contributed by atoms with Crippen molar-refractivity contribution >= 4 is 5.91 Å². The minimum Gasteiger partial charge on any atom is -0.394 e. The summed E-state index contributed by atoms with van der Waals surface area (Å²) < 4.78 is 5.52. The molecule has 2 N–H and O–H groups in total. The smallest absolute Gasteiger partial charge is 0.234 e. The van der Waals surface area contributed by atoms with Crippen molar-refractivity contribution in [2.45, 2.75) is 33.0 Å². The number of hydrogen-bond acceptors (Lipinski definition) is 4. The third kappa shape index (κ3) is 5.48. The maximum absolute atomic E-state index is 11.7. The zero-order chi connectivity index (χ0) is 12.8. The number of carbonyl (C=O) groups excluding carboxylic acids is 1. The van der Waals surface area contributed by atoms with Gasteiger partial charge in [0.15, 0.2) is 0 Å². The first-order valence-corrected chi connectivity index (χ1v) is 6.26. The Balaban J connectivity index is 2.32. The molecule has 0 aromatic heterocycles. The van der Waals surface area contributed by atoms with E-state index in [0.717, 1.165) is 6.54 Å². The van der Waals surface area contributed by atoms with Crippen LogP contribution in [0.5, 0.6) is 0 Å². The topological polar surface area (TPSA) is 61.8 Å². The van der Waals surface area contributed by atoms with Crippen molar-refractivity contribution in [3.8, 4) is 0 Å². The summed E-state index contributed by atoms with van der Waals surface area (Å²) in [4.78, 5) is 13.7. The Kier molecular flexibility index (Phi) is 5.88. The van der Waals surface area contributed by atoms with Crippen molar-refractivity contribution < 1.29 is 14.6 Å². The van der Waals surface area contributed by atoms with Gasteiger partial charge >= 0.3 is 0 Å². The van der Waals surface area contributed by atoms with E-state index in [-0.39, 0.29) is 24.7 Å². The molecule has 1 aliphatic heterocycles. The Morgan fingerprint density at radius 3 is 2.82 bits per heavy atom. The van der Waals surface area contributed by atoms with Gasteiger partial charge in [-0.15, -0.1) is 0 Å². The molecular formula is C12H24N2O3. The van der Waals surface area contributed by atoms with E-state index in [0.29, 0.717) is 25.6 Å². The van der Waals surface area contributed by atoms with Crippen LogP contribution in [0.3, 0.4) is 0 Å². The third-order valence-electron chi connectivity index (χ3n) is 2.68. The minimum absolute atomic E-state index is 0.00839. The van der Waals surface area contributed by atoms with Gasteiger partial charge in [0, 0.05) is 19.6 Å². The van der Waals surface area contributed by atoms with Crippen LogP contribution in [0.2, 0.25) is 0 Å². The van der Waals surface area contributed by atoms with Gasteiger partial charge in [-0.3, -0.25) is 9.69 Å². The summed E-state index contributed by atoms with van der Waals surface area (Å²) in [5.41, 5.74) is 0. The van der Waals surface area contributed by atoms with Crippen LogP contribution in [0.15, 0.2) is 0 Å². The minimum atomic E-state index is -0.170. The number of morpholine rings is 1. The molecule has 5 heteroatoms. The van der Waals surface area contributed by atoms with E-state index < -0.39 is 0 Å². The molecule has 1 heterocycles. The lowest BCUT2D eigenvalue weighted by Crippen LogP contribution is -2.51. The Labute approximate surface area is 103 Å². The highest BCUT2D eigenvalue weighted by Gasteiger charge is 2.25. The van der Waals surface area contributed by atoms with Crippen LogP contribution in [0.4, 0.5) is 0 Å². The average molecular weight is 244 g/mol. The third-order valence-corrected chi connectivity index (χ3v) is 2.68. The highest BCUT2D eigenvalue weighted by Crippen LogP contribution is 2.10. The van der Waals surface area contributed by atoms with Crippen molar-refractivity contribution in [1.82, 2.24) is 10.2 Å². The van der Waals surface area contributed by atoms with Gasteiger partial charge < -0.3 is 15.2 Å². The first-order chi connectivity index (χ1) is 8.01. The van der Waals surface area contributed by atoms with Crippen molar-refractivity contribution in [2.75, 3.05) is 32.8 Å².